The van der Waals surface area contributed by atoms with Gasteiger partial charge in [-0.3, -0.25) is 9.69 Å². The van der Waals surface area contributed by atoms with Gasteiger partial charge in [-0.15, -0.1) is 0 Å². The molecule has 0 atom stereocenters. The van der Waals surface area contributed by atoms with Crippen LogP contribution in [0, 0.1) is 0 Å². The fourth-order valence-corrected chi connectivity index (χ4v) is 2.88. The zero-order chi connectivity index (χ0) is 15.7. The second-order valence-corrected chi connectivity index (χ2v) is 5.86. The highest BCUT2D eigenvalue weighted by molar-refractivity contribution is 7.80. The molecule has 22 heavy (non-hydrogen) atoms. The summed E-state index contributed by atoms with van der Waals surface area (Å²) in [4.78, 5) is 14.0. The summed E-state index contributed by atoms with van der Waals surface area (Å²) in [5, 5.41) is 4.27. The number of hydrogen-bond donors (Lipinski definition) is 1. The number of para-hydroxylation sites is 1. The van der Waals surface area contributed by atoms with E-state index in [2.05, 4.69) is 5.32 Å². The van der Waals surface area contributed by atoms with Crippen LogP contribution in [-0.2, 0) is 4.79 Å². The lowest BCUT2D eigenvalue weighted by molar-refractivity contribution is -0.113. The molecule has 1 fully saturated rings. The van der Waals surface area contributed by atoms with E-state index >= 15 is 0 Å². The average Bonchev–Trinajstić information content (AvgIpc) is 2.77. The lowest BCUT2D eigenvalue weighted by atomic mass is 10.2. The van der Waals surface area contributed by atoms with Crippen LogP contribution in [0.3, 0.4) is 0 Å². The largest absolute Gasteiger partial charge is 0.327 e. The number of nitrogens with zero attached hydrogens (tertiary/aromatic N) is 1. The van der Waals surface area contributed by atoms with E-state index in [-0.39, 0.29) is 5.91 Å². The van der Waals surface area contributed by atoms with E-state index in [1.165, 1.54) is 4.90 Å². The fourth-order valence-electron chi connectivity index (χ4n) is 2.12. The van der Waals surface area contributed by atoms with E-state index in [9.17, 15) is 4.79 Å². The van der Waals surface area contributed by atoms with Gasteiger partial charge in [0.25, 0.3) is 5.91 Å². The average molecular weight is 349 g/mol. The Morgan fingerprint density at radius 2 is 1.82 bits per heavy atom. The van der Waals surface area contributed by atoms with Gasteiger partial charge in [0.05, 0.1) is 5.69 Å². The topological polar surface area (TPSA) is 32.3 Å². The molecule has 3 rings (SSSR count). The lowest BCUT2D eigenvalue weighted by Crippen LogP contribution is -2.30. The predicted molar refractivity (Wildman–Crippen MR) is 94.1 cm³/mol. The second-order valence-electron chi connectivity index (χ2n) is 4.63. The number of halogens is 2. The van der Waals surface area contributed by atoms with Crippen molar-refractivity contribution in [2.24, 2.45) is 0 Å². The number of benzene rings is 2. The molecule has 1 amide bonds. The van der Waals surface area contributed by atoms with E-state index in [1.54, 1.807) is 24.3 Å². The molecule has 0 aromatic heterocycles. The second kappa shape index (κ2) is 6.08. The molecular weight excluding hydrogens is 339 g/mol. The van der Waals surface area contributed by atoms with Gasteiger partial charge in [-0.1, -0.05) is 47.5 Å². The molecule has 2 aromatic carbocycles. The minimum absolute atomic E-state index is 0.220. The maximum Gasteiger partial charge on any atom is 0.281 e. The van der Waals surface area contributed by atoms with Crippen LogP contribution in [0.1, 0.15) is 5.56 Å². The first kappa shape index (κ1) is 15.0. The summed E-state index contributed by atoms with van der Waals surface area (Å²) < 4.78 is 0. The Hall–Kier alpha value is -1.88. The summed E-state index contributed by atoms with van der Waals surface area (Å²) in [5.41, 5.74) is 1.79. The number of amides is 1. The van der Waals surface area contributed by atoms with Crippen molar-refractivity contribution in [2.45, 2.75) is 0 Å². The van der Waals surface area contributed by atoms with Crippen molar-refractivity contribution in [3.63, 3.8) is 0 Å². The van der Waals surface area contributed by atoms with Crippen LogP contribution in [0.4, 0.5) is 5.69 Å². The smallest absolute Gasteiger partial charge is 0.281 e. The fraction of sp³-hybridized carbons (Fsp3) is 0. The summed E-state index contributed by atoms with van der Waals surface area (Å²) in [6, 6.07) is 14.3. The van der Waals surface area contributed by atoms with Gasteiger partial charge in [-0.2, -0.15) is 0 Å². The highest BCUT2D eigenvalue weighted by atomic mass is 35.5. The van der Waals surface area contributed by atoms with Crippen LogP contribution >= 0.6 is 35.4 Å². The monoisotopic (exact) mass is 348 g/mol. The third-order valence-electron chi connectivity index (χ3n) is 3.15. The Morgan fingerprint density at radius 1 is 1.09 bits per heavy atom. The lowest BCUT2D eigenvalue weighted by Gasteiger charge is -2.13. The van der Waals surface area contributed by atoms with Gasteiger partial charge < -0.3 is 5.32 Å². The third kappa shape index (κ3) is 2.86. The number of carbonyl (C=O) groups is 1. The highest BCUT2D eigenvalue weighted by Crippen LogP contribution is 2.26. The molecule has 6 heteroatoms. The first-order valence-electron chi connectivity index (χ1n) is 6.43. The molecule has 1 N–H and O–H groups in total. The van der Waals surface area contributed by atoms with Crippen LogP contribution in [-0.4, -0.2) is 11.0 Å². The number of nitrogens with one attached hydrogen (secondary N) is 1. The normalized spacial score (nSPS) is 16.3. The summed E-state index contributed by atoms with van der Waals surface area (Å²) in [6.45, 7) is 0. The van der Waals surface area contributed by atoms with Crippen LogP contribution in [0.2, 0.25) is 10.0 Å². The van der Waals surface area contributed by atoms with Gasteiger partial charge >= 0.3 is 0 Å². The Labute approximate surface area is 143 Å². The SMILES string of the molecule is O=C1/C(=C/c2ccc(Cl)cc2Cl)NC(=S)N1c1ccccc1. The van der Waals surface area contributed by atoms with E-state index < -0.39 is 0 Å². The minimum atomic E-state index is -0.220. The van der Waals surface area contributed by atoms with Crippen LogP contribution in [0.25, 0.3) is 6.08 Å². The molecular formula is C16H10Cl2N2OS. The van der Waals surface area contributed by atoms with Crippen molar-refractivity contribution in [1.82, 2.24) is 5.32 Å². The highest BCUT2D eigenvalue weighted by Gasteiger charge is 2.31. The summed E-state index contributed by atoms with van der Waals surface area (Å²) >= 11 is 17.2. The molecule has 110 valence electrons. The minimum Gasteiger partial charge on any atom is -0.327 e. The number of hydrogen-bond acceptors (Lipinski definition) is 2. The van der Waals surface area contributed by atoms with E-state index in [0.717, 1.165) is 5.69 Å². The number of anilines is 1. The maximum absolute atomic E-state index is 12.5. The van der Waals surface area contributed by atoms with Crippen molar-refractivity contribution in [1.29, 1.82) is 0 Å². The first-order chi connectivity index (χ1) is 10.6. The van der Waals surface area contributed by atoms with Gasteiger partial charge in [0.1, 0.15) is 5.70 Å². The molecule has 2 aromatic rings. The Morgan fingerprint density at radius 3 is 2.50 bits per heavy atom. The van der Waals surface area contributed by atoms with Crippen LogP contribution in [0.15, 0.2) is 54.2 Å². The Bertz CT molecular complexity index is 790. The first-order valence-corrected chi connectivity index (χ1v) is 7.60. The van der Waals surface area contributed by atoms with Gasteiger partial charge in [0.2, 0.25) is 0 Å². The number of thiocarbonyl (C=S) groups is 1. The molecule has 3 nitrogen and oxygen atoms in total. The molecule has 0 spiro atoms. The van der Waals surface area contributed by atoms with E-state index in [4.69, 9.17) is 35.4 Å². The number of carbonyl (C=O) groups excluding carboxylic acids is 1. The Balaban J connectivity index is 1.96. The van der Waals surface area contributed by atoms with Gasteiger partial charge in [0.15, 0.2) is 5.11 Å². The molecule has 1 aliphatic rings. The zero-order valence-electron chi connectivity index (χ0n) is 11.2. The van der Waals surface area contributed by atoms with E-state index in [1.807, 2.05) is 30.3 Å². The molecule has 0 radical (unpaired) electrons. The molecule has 1 saturated heterocycles. The van der Waals surface area contributed by atoms with Crippen LogP contribution in [0.5, 0.6) is 0 Å². The van der Waals surface area contributed by atoms with Crippen molar-refractivity contribution in [2.75, 3.05) is 4.90 Å². The Kier molecular flexibility index (Phi) is 4.16. The molecule has 0 saturated carbocycles. The summed E-state index contributed by atoms with van der Waals surface area (Å²) in [6.07, 6.45) is 1.66. The van der Waals surface area contributed by atoms with Gasteiger partial charge in [-0.05, 0) is 48.1 Å². The van der Waals surface area contributed by atoms with Crippen molar-refractivity contribution in [3.8, 4) is 0 Å². The van der Waals surface area contributed by atoms with Gasteiger partial charge in [0, 0.05) is 10.0 Å². The standard InChI is InChI=1S/C16H10Cl2N2OS/c17-11-7-6-10(13(18)9-11)8-14-15(21)20(16(22)19-14)12-4-2-1-3-5-12/h1-9H,(H,19,22)/b14-8-. The van der Waals surface area contributed by atoms with Crippen molar-refractivity contribution >= 4 is 58.2 Å². The van der Waals surface area contributed by atoms with Crippen molar-refractivity contribution in [3.05, 3.63) is 69.8 Å². The maximum atomic E-state index is 12.5. The summed E-state index contributed by atoms with van der Waals surface area (Å²) in [5.74, 6) is -0.220. The van der Waals surface area contributed by atoms with Crippen molar-refractivity contribution < 1.29 is 4.79 Å². The molecule has 1 heterocycles. The molecule has 0 aliphatic carbocycles. The number of rotatable bonds is 2. The molecule has 0 bridgehead atoms. The predicted octanol–water partition coefficient (Wildman–Crippen LogP) is 4.26. The van der Waals surface area contributed by atoms with Gasteiger partial charge in [-0.25, -0.2) is 0 Å². The molecule has 0 unspecified atom stereocenters. The third-order valence-corrected chi connectivity index (χ3v) is 4.00. The van der Waals surface area contributed by atoms with Crippen LogP contribution < -0.4 is 10.2 Å². The quantitative estimate of drug-likeness (QED) is 0.650. The zero-order valence-corrected chi connectivity index (χ0v) is 13.5. The molecule has 1 aliphatic heterocycles. The summed E-state index contributed by atoms with van der Waals surface area (Å²) in [7, 11) is 0. The van der Waals surface area contributed by atoms with E-state index in [0.29, 0.717) is 26.4 Å².